The third-order valence-electron chi connectivity index (χ3n) is 2.43. The second-order valence-electron chi connectivity index (χ2n) is 3.37. The van der Waals surface area contributed by atoms with Crippen LogP contribution in [0.3, 0.4) is 0 Å². The van der Waals surface area contributed by atoms with Crippen molar-refractivity contribution in [2.45, 2.75) is 25.7 Å². The van der Waals surface area contributed by atoms with Crippen molar-refractivity contribution < 1.29 is 4.52 Å². The Kier molecular flexibility index (Phi) is 1.87. The SMILES string of the molecule is CC(c1onc(N)c1Br)C1CC1. The van der Waals surface area contributed by atoms with Crippen molar-refractivity contribution >= 4 is 21.7 Å². The molecule has 0 aliphatic heterocycles. The predicted molar refractivity (Wildman–Crippen MR) is 49.8 cm³/mol. The quantitative estimate of drug-likeness (QED) is 0.850. The highest BCUT2D eigenvalue weighted by atomic mass is 79.9. The summed E-state index contributed by atoms with van der Waals surface area (Å²) >= 11 is 3.37. The number of hydrogen-bond acceptors (Lipinski definition) is 3. The van der Waals surface area contributed by atoms with Gasteiger partial charge >= 0.3 is 0 Å². The number of hydrogen-bond donors (Lipinski definition) is 1. The summed E-state index contributed by atoms with van der Waals surface area (Å²) in [6.45, 7) is 2.16. The molecule has 0 amide bonds. The van der Waals surface area contributed by atoms with E-state index in [9.17, 15) is 0 Å². The van der Waals surface area contributed by atoms with E-state index in [0.717, 1.165) is 16.2 Å². The number of nitrogens with zero attached hydrogens (tertiary/aromatic N) is 1. The molecule has 2 N–H and O–H groups in total. The summed E-state index contributed by atoms with van der Waals surface area (Å²) < 4.78 is 5.97. The molecule has 1 aliphatic rings. The lowest BCUT2D eigenvalue weighted by molar-refractivity contribution is 0.356. The standard InChI is InChI=1S/C8H11BrN2O/c1-4(5-2-3-5)7-6(9)8(10)11-12-7/h4-5H,2-3H2,1H3,(H2,10,11). The van der Waals surface area contributed by atoms with Crippen LogP contribution in [0, 0.1) is 5.92 Å². The van der Waals surface area contributed by atoms with E-state index in [1.807, 2.05) is 0 Å². The maximum atomic E-state index is 5.55. The van der Waals surface area contributed by atoms with E-state index >= 15 is 0 Å². The topological polar surface area (TPSA) is 52.0 Å². The van der Waals surface area contributed by atoms with Gasteiger partial charge in [-0.25, -0.2) is 0 Å². The van der Waals surface area contributed by atoms with Crippen LogP contribution in [0.1, 0.15) is 31.4 Å². The largest absolute Gasteiger partial charge is 0.380 e. The minimum atomic E-state index is 0.448. The van der Waals surface area contributed by atoms with Crippen molar-refractivity contribution in [2.24, 2.45) is 5.92 Å². The fourth-order valence-electron chi connectivity index (χ4n) is 1.40. The van der Waals surface area contributed by atoms with Gasteiger partial charge in [0.05, 0.1) is 0 Å². The molecule has 1 aromatic heterocycles. The highest BCUT2D eigenvalue weighted by molar-refractivity contribution is 9.10. The Labute approximate surface area is 79.4 Å². The van der Waals surface area contributed by atoms with E-state index in [0.29, 0.717) is 11.7 Å². The average Bonchev–Trinajstić information content (AvgIpc) is 2.82. The fourth-order valence-corrected chi connectivity index (χ4v) is 1.90. The highest BCUT2D eigenvalue weighted by Crippen LogP contribution is 2.45. The van der Waals surface area contributed by atoms with Crippen molar-refractivity contribution in [3.8, 4) is 0 Å². The first-order valence-electron chi connectivity index (χ1n) is 4.10. The first kappa shape index (κ1) is 8.10. The van der Waals surface area contributed by atoms with Crippen LogP contribution in [0.25, 0.3) is 0 Å². The molecule has 0 radical (unpaired) electrons. The normalized spacial score (nSPS) is 19.5. The lowest BCUT2D eigenvalue weighted by Crippen LogP contribution is -1.94. The number of aromatic nitrogens is 1. The zero-order valence-electron chi connectivity index (χ0n) is 6.88. The number of halogens is 1. The Morgan fingerprint density at radius 1 is 1.67 bits per heavy atom. The summed E-state index contributed by atoms with van der Waals surface area (Å²) in [4.78, 5) is 0. The fraction of sp³-hybridized carbons (Fsp3) is 0.625. The third-order valence-corrected chi connectivity index (χ3v) is 3.22. The molecule has 1 aromatic rings. The van der Waals surface area contributed by atoms with Crippen LogP contribution in [0.4, 0.5) is 5.82 Å². The summed E-state index contributed by atoms with van der Waals surface area (Å²) in [6, 6.07) is 0. The van der Waals surface area contributed by atoms with Crippen LogP contribution in [0.5, 0.6) is 0 Å². The summed E-state index contributed by atoms with van der Waals surface area (Å²) in [5.74, 6) is 2.57. The molecule has 1 heterocycles. The summed E-state index contributed by atoms with van der Waals surface area (Å²) in [7, 11) is 0. The lowest BCUT2D eigenvalue weighted by Gasteiger charge is -2.04. The zero-order valence-corrected chi connectivity index (χ0v) is 8.47. The molecule has 1 saturated carbocycles. The first-order chi connectivity index (χ1) is 5.70. The van der Waals surface area contributed by atoms with Gasteiger partial charge < -0.3 is 10.3 Å². The molecule has 1 fully saturated rings. The molecule has 1 atom stereocenters. The van der Waals surface area contributed by atoms with Crippen LogP contribution >= 0.6 is 15.9 Å². The molecule has 0 spiro atoms. The van der Waals surface area contributed by atoms with Gasteiger partial charge in [-0.2, -0.15) is 0 Å². The Bertz CT molecular complexity index is 293. The van der Waals surface area contributed by atoms with Crippen LogP contribution in [-0.4, -0.2) is 5.16 Å². The monoisotopic (exact) mass is 230 g/mol. The molecule has 0 bridgehead atoms. The summed E-state index contributed by atoms with van der Waals surface area (Å²) in [5, 5.41) is 3.70. The van der Waals surface area contributed by atoms with Crippen LogP contribution in [0.2, 0.25) is 0 Å². The number of rotatable bonds is 2. The van der Waals surface area contributed by atoms with Crippen molar-refractivity contribution in [1.82, 2.24) is 5.16 Å². The Balaban J connectivity index is 2.25. The van der Waals surface area contributed by atoms with Gasteiger partial charge in [0.15, 0.2) is 11.6 Å². The predicted octanol–water partition coefficient (Wildman–Crippen LogP) is 2.53. The molecule has 3 nitrogen and oxygen atoms in total. The van der Waals surface area contributed by atoms with Crippen molar-refractivity contribution in [3.05, 3.63) is 10.2 Å². The smallest absolute Gasteiger partial charge is 0.181 e. The highest BCUT2D eigenvalue weighted by Gasteiger charge is 2.33. The van der Waals surface area contributed by atoms with Crippen LogP contribution in [0.15, 0.2) is 9.00 Å². The van der Waals surface area contributed by atoms with Gasteiger partial charge in [-0.1, -0.05) is 12.1 Å². The van der Waals surface area contributed by atoms with Crippen LogP contribution in [-0.2, 0) is 0 Å². The lowest BCUT2D eigenvalue weighted by atomic mass is 10.0. The molecule has 0 aromatic carbocycles. The van der Waals surface area contributed by atoms with Gasteiger partial charge in [0.25, 0.3) is 0 Å². The first-order valence-corrected chi connectivity index (χ1v) is 4.90. The summed E-state index contributed by atoms with van der Waals surface area (Å²) in [6.07, 6.45) is 2.60. The second kappa shape index (κ2) is 2.76. The molecule has 0 saturated heterocycles. The van der Waals surface area contributed by atoms with E-state index in [4.69, 9.17) is 10.3 Å². The van der Waals surface area contributed by atoms with Gasteiger partial charge in [-0.15, -0.1) is 0 Å². The van der Waals surface area contributed by atoms with Crippen molar-refractivity contribution in [2.75, 3.05) is 5.73 Å². The van der Waals surface area contributed by atoms with E-state index in [2.05, 4.69) is 28.0 Å². The minimum absolute atomic E-state index is 0.448. The molecular formula is C8H11BrN2O. The van der Waals surface area contributed by atoms with Gasteiger partial charge in [-0.3, -0.25) is 0 Å². The molecule has 2 rings (SSSR count). The van der Waals surface area contributed by atoms with Crippen LogP contribution < -0.4 is 5.73 Å². The van der Waals surface area contributed by atoms with E-state index < -0.39 is 0 Å². The molecule has 12 heavy (non-hydrogen) atoms. The van der Waals surface area contributed by atoms with Gasteiger partial charge in [-0.05, 0) is 34.7 Å². The van der Waals surface area contributed by atoms with E-state index in [-0.39, 0.29) is 0 Å². The van der Waals surface area contributed by atoms with E-state index in [1.54, 1.807) is 0 Å². The van der Waals surface area contributed by atoms with Gasteiger partial charge in [0.2, 0.25) is 0 Å². The Hall–Kier alpha value is -0.510. The minimum Gasteiger partial charge on any atom is -0.380 e. The molecule has 66 valence electrons. The average molecular weight is 231 g/mol. The molecule has 4 heteroatoms. The molecule has 1 unspecified atom stereocenters. The number of nitrogens with two attached hydrogens (primary N) is 1. The molecule has 1 aliphatic carbocycles. The van der Waals surface area contributed by atoms with Crippen molar-refractivity contribution in [1.29, 1.82) is 0 Å². The third kappa shape index (κ3) is 1.24. The van der Waals surface area contributed by atoms with Crippen molar-refractivity contribution in [3.63, 3.8) is 0 Å². The number of anilines is 1. The van der Waals surface area contributed by atoms with Gasteiger partial charge in [0, 0.05) is 5.92 Å². The Morgan fingerprint density at radius 2 is 2.33 bits per heavy atom. The summed E-state index contributed by atoms with van der Waals surface area (Å²) in [5.41, 5.74) is 5.55. The zero-order chi connectivity index (χ0) is 8.72. The maximum Gasteiger partial charge on any atom is 0.181 e. The van der Waals surface area contributed by atoms with Gasteiger partial charge in [0.1, 0.15) is 4.47 Å². The number of nitrogen functional groups attached to an aromatic ring is 1. The maximum absolute atomic E-state index is 5.55. The van der Waals surface area contributed by atoms with E-state index in [1.165, 1.54) is 12.8 Å². The molecular weight excluding hydrogens is 220 g/mol. The second-order valence-corrected chi connectivity index (χ2v) is 4.17. The Morgan fingerprint density at radius 3 is 2.75 bits per heavy atom.